The van der Waals surface area contributed by atoms with E-state index in [1.807, 2.05) is 0 Å². The van der Waals surface area contributed by atoms with Gasteiger partial charge in [0.05, 0.1) is 11.7 Å². The fraction of sp³-hybridized carbons (Fsp3) is 0.429. The van der Waals surface area contributed by atoms with E-state index in [2.05, 4.69) is 5.10 Å². The summed E-state index contributed by atoms with van der Waals surface area (Å²) in [6.07, 6.45) is -6.82. The Kier molecular flexibility index (Phi) is 3.90. The number of alkyl halides is 3. The van der Waals surface area contributed by atoms with Crippen LogP contribution in [0.25, 0.3) is 10.9 Å². The summed E-state index contributed by atoms with van der Waals surface area (Å²) >= 11 is 0. The molecule has 0 aliphatic rings. The third-order valence-electron chi connectivity index (χ3n) is 2.78. The highest BCUT2D eigenvalue weighted by Crippen LogP contribution is 2.33. The van der Waals surface area contributed by atoms with E-state index in [4.69, 9.17) is 4.74 Å². The number of hydrogen-bond donors (Lipinski definition) is 1. The molecule has 0 radical (unpaired) electrons. The van der Waals surface area contributed by atoms with E-state index in [1.54, 1.807) is 20.8 Å². The molecule has 1 N–H and O–H groups in total. The summed E-state index contributed by atoms with van der Waals surface area (Å²) in [7, 11) is 0. The highest BCUT2D eigenvalue weighted by Gasteiger charge is 2.39. The second-order valence-electron chi connectivity index (χ2n) is 5.80. The van der Waals surface area contributed by atoms with Crippen molar-refractivity contribution in [3.05, 3.63) is 30.0 Å². The Labute approximate surface area is 124 Å². The molecule has 0 spiro atoms. The molecule has 5 nitrogen and oxygen atoms in total. The zero-order valence-corrected chi connectivity index (χ0v) is 12.2. The van der Waals surface area contributed by atoms with Crippen molar-refractivity contribution in [3.8, 4) is 0 Å². The van der Waals surface area contributed by atoms with Gasteiger partial charge in [0.25, 0.3) is 0 Å². The van der Waals surface area contributed by atoms with Crippen molar-refractivity contribution in [2.75, 3.05) is 0 Å². The smallest absolute Gasteiger partial charge is 0.435 e. The van der Waals surface area contributed by atoms with Gasteiger partial charge >= 0.3 is 12.3 Å². The van der Waals surface area contributed by atoms with Crippen LogP contribution in [0.2, 0.25) is 0 Å². The van der Waals surface area contributed by atoms with E-state index in [0.717, 1.165) is 16.8 Å². The monoisotopic (exact) mass is 316 g/mol. The number of aromatic nitrogens is 2. The maximum absolute atomic E-state index is 12.5. The van der Waals surface area contributed by atoms with Gasteiger partial charge in [-0.25, -0.2) is 4.79 Å². The lowest BCUT2D eigenvalue weighted by molar-refractivity contribution is -0.206. The fourth-order valence-corrected chi connectivity index (χ4v) is 1.86. The van der Waals surface area contributed by atoms with Gasteiger partial charge in [-0.1, -0.05) is 6.07 Å². The number of halogens is 3. The Bertz CT molecular complexity index is 701. The molecule has 0 aliphatic carbocycles. The summed E-state index contributed by atoms with van der Waals surface area (Å²) < 4.78 is 43.6. The van der Waals surface area contributed by atoms with Crippen molar-refractivity contribution in [2.45, 2.75) is 38.7 Å². The summed E-state index contributed by atoms with van der Waals surface area (Å²) in [4.78, 5) is 12.0. The van der Waals surface area contributed by atoms with Crippen LogP contribution in [0.15, 0.2) is 24.4 Å². The third-order valence-corrected chi connectivity index (χ3v) is 2.78. The topological polar surface area (TPSA) is 64.4 Å². The molecule has 0 saturated heterocycles. The van der Waals surface area contributed by atoms with Gasteiger partial charge in [-0.05, 0) is 38.5 Å². The molecule has 2 rings (SSSR count). The minimum atomic E-state index is -4.76. The van der Waals surface area contributed by atoms with E-state index in [0.29, 0.717) is 10.9 Å². The SMILES string of the molecule is CC(C)(C)OC(=O)n1ncc2cc(C(O)C(F)(F)F)ccc21. The Balaban J connectivity index is 2.37. The average Bonchev–Trinajstić information content (AvgIpc) is 2.77. The van der Waals surface area contributed by atoms with Crippen molar-refractivity contribution < 1.29 is 27.8 Å². The van der Waals surface area contributed by atoms with Crippen molar-refractivity contribution in [1.82, 2.24) is 9.78 Å². The number of rotatable bonds is 1. The van der Waals surface area contributed by atoms with Crippen LogP contribution in [0.4, 0.5) is 18.0 Å². The number of hydrogen-bond acceptors (Lipinski definition) is 4. The predicted molar refractivity (Wildman–Crippen MR) is 72.4 cm³/mol. The van der Waals surface area contributed by atoms with Crippen LogP contribution < -0.4 is 0 Å². The Morgan fingerprint density at radius 2 is 1.95 bits per heavy atom. The quantitative estimate of drug-likeness (QED) is 0.875. The second kappa shape index (κ2) is 5.28. The predicted octanol–water partition coefficient (Wildman–Crippen LogP) is 3.42. The zero-order chi connectivity index (χ0) is 16.7. The van der Waals surface area contributed by atoms with E-state index in [-0.39, 0.29) is 5.56 Å². The Morgan fingerprint density at radius 1 is 1.32 bits per heavy atom. The number of carbonyl (C=O) groups is 1. The Morgan fingerprint density at radius 3 is 2.50 bits per heavy atom. The molecule has 0 saturated carbocycles. The lowest BCUT2D eigenvalue weighted by Gasteiger charge is -2.19. The minimum absolute atomic E-state index is 0.298. The van der Waals surface area contributed by atoms with E-state index in [1.165, 1.54) is 12.3 Å². The van der Waals surface area contributed by atoms with Gasteiger partial charge in [0.2, 0.25) is 0 Å². The van der Waals surface area contributed by atoms with Gasteiger partial charge in [0.15, 0.2) is 6.10 Å². The highest BCUT2D eigenvalue weighted by atomic mass is 19.4. The molecule has 120 valence electrons. The van der Waals surface area contributed by atoms with Crippen LogP contribution in [0, 0.1) is 0 Å². The zero-order valence-electron chi connectivity index (χ0n) is 12.2. The molecule has 1 aromatic heterocycles. The molecule has 0 aliphatic heterocycles. The fourth-order valence-electron chi connectivity index (χ4n) is 1.86. The Hall–Kier alpha value is -2.09. The standard InChI is InChI=1S/C14H15F3N2O3/c1-13(2,3)22-12(21)19-10-5-4-8(6-9(10)7-18-19)11(20)14(15,16)17/h4-7,11,20H,1-3H3. The number of aliphatic hydroxyl groups excluding tert-OH is 1. The van der Waals surface area contributed by atoms with Crippen LogP contribution >= 0.6 is 0 Å². The molecular formula is C14H15F3N2O3. The van der Waals surface area contributed by atoms with Crippen molar-refractivity contribution in [2.24, 2.45) is 0 Å². The molecule has 1 unspecified atom stereocenters. The second-order valence-corrected chi connectivity index (χ2v) is 5.80. The first-order valence-electron chi connectivity index (χ1n) is 6.45. The van der Waals surface area contributed by atoms with Crippen LogP contribution in [-0.2, 0) is 4.74 Å². The van der Waals surface area contributed by atoms with Crippen LogP contribution in [-0.4, -0.2) is 32.8 Å². The molecule has 1 heterocycles. The van der Waals surface area contributed by atoms with Gasteiger partial charge in [-0.3, -0.25) is 0 Å². The number of aliphatic hydroxyl groups is 1. The number of nitrogens with zero attached hydrogens (tertiary/aromatic N) is 2. The molecule has 0 amide bonds. The lowest BCUT2D eigenvalue weighted by atomic mass is 10.1. The molecule has 8 heteroatoms. The molecule has 0 fully saturated rings. The molecular weight excluding hydrogens is 301 g/mol. The first kappa shape index (κ1) is 16.3. The summed E-state index contributed by atoms with van der Waals surface area (Å²) in [5, 5.41) is 13.4. The maximum atomic E-state index is 12.5. The van der Waals surface area contributed by atoms with E-state index < -0.39 is 24.0 Å². The van der Waals surface area contributed by atoms with Gasteiger partial charge in [-0.15, -0.1) is 0 Å². The van der Waals surface area contributed by atoms with Crippen molar-refractivity contribution >= 4 is 17.0 Å². The number of fused-ring (bicyclic) bond motifs is 1. The molecule has 2 aromatic rings. The lowest BCUT2D eigenvalue weighted by Crippen LogP contribution is -2.27. The normalized spacial score (nSPS) is 14.1. The summed E-state index contributed by atoms with van der Waals surface area (Å²) in [5.41, 5.74) is -0.738. The number of carbonyl (C=O) groups excluding carboxylic acids is 1. The van der Waals surface area contributed by atoms with Gasteiger partial charge in [-0.2, -0.15) is 23.0 Å². The van der Waals surface area contributed by atoms with E-state index >= 15 is 0 Å². The maximum Gasteiger partial charge on any atom is 0.435 e. The van der Waals surface area contributed by atoms with Gasteiger partial charge in [0, 0.05) is 5.39 Å². The average molecular weight is 316 g/mol. The van der Waals surface area contributed by atoms with Crippen molar-refractivity contribution in [1.29, 1.82) is 0 Å². The molecule has 1 atom stereocenters. The third kappa shape index (κ3) is 3.38. The number of benzene rings is 1. The van der Waals surface area contributed by atoms with Crippen LogP contribution in [0.3, 0.4) is 0 Å². The van der Waals surface area contributed by atoms with Crippen LogP contribution in [0.5, 0.6) is 0 Å². The largest absolute Gasteiger partial charge is 0.442 e. The summed E-state index contributed by atoms with van der Waals surface area (Å²) in [6.45, 7) is 5.07. The number of ether oxygens (including phenoxy) is 1. The molecule has 0 bridgehead atoms. The van der Waals surface area contributed by atoms with Gasteiger partial charge in [0.1, 0.15) is 5.60 Å². The van der Waals surface area contributed by atoms with Gasteiger partial charge < -0.3 is 9.84 Å². The molecule has 22 heavy (non-hydrogen) atoms. The van der Waals surface area contributed by atoms with E-state index in [9.17, 15) is 23.1 Å². The van der Waals surface area contributed by atoms with Crippen molar-refractivity contribution in [3.63, 3.8) is 0 Å². The summed E-state index contributed by atoms with van der Waals surface area (Å²) in [6, 6.07) is 3.53. The summed E-state index contributed by atoms with van der Waals surface area (Å²) in [5.74, 6) is 0. The molecule has 1 aromatic carbocycles. The first-order chi connectivity index (χ1) is 9.99. The highest BCUT2D eigenvalue weighted by molar-refractivity contribution is 5.88. The van der Waals surface area contributed by atoms with Crippen LogP contribution in [0.1, 0.15) is 32.4 Å². The first-order valence-corrected chi connectivity index (χ1v) is 6.45. The minimum Gasteiger partial charge on any atom is -0.442 e.